The molecule has 126 valence electrons. The van der Waals surface area contributed by atoms with E-state index in [0.29, 0.717) is 5.92 Å². The molecule has 0 bridgehead atoms. The van der Waals surface area contributed by atoms with Crippen LogP contribution in [0.1, 0.15) is 41.6 Å². The average Bonchev–Trinajstić information content (AvgIpc) is 3.03. The van der Waals surface area contributed by atoms with Crippen LogP contribution in [0.4, 0.5) is 5.13 Å². The van der Waals surface area contributed by atoms with Gasteiger partial charge in [-0.15, -0.1) is 10.2 Å². The van der Waals surface area contributed by atoms with E-state index in [2.05, 4.69) is 28.8 Å². The summed E-state index contributed by atoms with van der Waals surface area (Å²) in [6.07, 6.45) is 1.69. The Labute approximate surface area is 138 Å². The smallest absolute Gasteiger partial charge is 0.284 e. The van der Waals surface area contributed by atoms with Crippen molar-refractivity contribution >= 4 is 32.4 Å². The Morgan fingerprint density at radius 3 is 2.70 bits per heavy atom. The fourth-order valence-corrected chi connectivity index (χ4v) is 4.00. The largest absolute Gasteiger partial charge is 0.455 e. The molecule has 8 nitrogen and oxygen atoms in total. The van der Waals surface area contributed by atoms with E-state index in [0.717, 1.165) is 23.9 Å². The van der Waals surface area contributed by atoms with Crippen LogP contribution in [0.3, 0.4) is 0 Å². The van der Waals surface area contributed by atoms with Gasteiger partial charge in [0.2, 0.25) is 5.13 Å². The molecule has 10 heteroatoms. The van der Waals surface area contributed by atoms with Gasteiger partial charge in [-0.2, -0.15) is 0 Å². The first-order chi connectivity index (χ1) is 10.7. The normalized spacial score (nSPS) is 11.8. The Hall–Kier alpha value is -1.94. The molecule has 0 saturated heterocycles. The molecular weight excluding hydrogens is 340 g/mol. The molecule has 2 aromatic rings. The molecule has 2 rings (SSSR count). The summed E-state index contributed by atoms with van der Waals surface area (Å²) in [4.78, 5) is 10.9. The number of carbonyl (C=O) groups excluding carboxylic acids is 1. The van der Waals surface area contributed by atoms with Gasteiger partial charge in [0.1, 0.15) is 15.7 Å². The zero-order valence-corrected chi connectivity index (χ0v) is 14.6. The summed E-state index contributed by atoms with van der Waals surface area (Å²) < 4.78 is 32.1. The van der Waals surface area contributed by atoms with Gasteiger partial charge in [0.05, 0.1) is 0 Å². The minimum absolute atomic E-state index is 0.0795. The molecule has 0 saturated carbocycles. The highest BCUT2D eigenvalue weighted by Crippen LogP contribution is 2.25. The van der Waals surface area contributed by atoms with E-state index in [1.54, 1.807) is 0 Å². The number of hydrogen-bond donors (Lipinski definition) is 2. The lowest BCUT2D eigenvalue weighted by atomic mass is 10.1. The molecule has 0 aliphatic carbocycles. The van der Waals surface area contributed by atoms with Gasteiger partial charge < -0.3 is 10.2 Å². The summed E-state index contributed by atoms with van der Waals surface area (Å²) >= 11 is 1.18. The number of nitrogens with one attached hydrogen (secondary N) is 1. The summed E-state index contributed by atoms with van der Waals surface area (Å²) in [7, 11) is -3.92. The van der Waals surface area contributed by atoms with Crippen molar-refractivity contribution in [3.63, 3.8) is 0 Å². The number of aromatic nitrogens is 2. The predicted octanol–water partition coefficient (Wildman–Crippen LogP) is 1.93. The Balaban J connectivity index is 2.17. The van der Waals surface area contributed by atoms with E-state index in [9.17, 15) is 13.2 Å². The van der Waals surface area contributed by atoms with Gasteiger partial charge in [0.25, 0.3) is 15.9 Å². The molecule has 2 aromatic heterocycles. The lowest BCUT2D eigenvalue weighted by Crippen LogP contribution is -2.13. The van der Waals surface area contributed by atoms with Gasteiger partial charge in [-0.25, -0.2) is 8.42 Å². The first kappa shape index (κ1) is 17.4. The van der Waals surface area contributed by atoms with Crippen molar-refractivity contribution in [3.05, 3.63) is 22.6 Å². The van der Waals surface area contributed by atoms with Gasteiger partial charge in [-0.3, -0.25) is 9.52 Å². The second-order valence-corrected chi connectivity index (χ2v) is 8.15. The third kappa shape index (κ3) is 4.29. The average molecular weight is 358 g/mol. The molecule has 0 aliphatic heterocycles. The zero-order chi connectivity index (χ0) is 17.2. The number of carbonyl (C=O) groups is 1. The minimum Gasteiger partial charge on any atom is -0.455 e. The minimum atomic E-state index is -3.92. The molecule has 1 amide bonds. The Morgan fingerprint density at radius 2 is 2.13 bits per heavy atom. The molecule has 0 spiro atoms. The molecule has 3 N–H and O–H groups in total. The maximum absolute atomic E-state index is 12.3. The first-order valence-corrected chi connectivity index (χ1v) is 9.24. The zero-order valence-electron chi connectivity index (χ0n) is 13.0. The number of furan rings is 1. The van der Waals surface area contributed by atoms with E-state index >= 15 is 0 Å². The number of rotatable bonds is 7. The van der Waals surface area contributed by atoms with Crippen molar-refractivity contribution in [2.24, 2.45) is 11.7 Å². The van der Waals surface area contributed by atoms with E-state index in [4.69, 9.17) is 10.2 Å². The highest BCUT2D eigenvalue weighted by atomic mass is 32.2. The molecule has 23 heavy (non-hydrogen) atoms. The number of hydrogen-bond acceptors (Lipinski definition) is 7. The number of sulfonamides is 1. The molecule has 0 aromatic carbocycles. The monoisotopic (exact) mass is 358 g/mol. The summed E-state index contributed by atoms with van der Waals surface area (Å²) in [5.41, 5.74) is 5.08. The second-order valence-electron chi connectivity index (χ2n) is 5.43. The lowest BCUT2D eigenvalue weighted by molar-refractivity contribution is 0.0972. The third-order valence-electron chi connectivity index (χ3n) is 3.03. The van der Waals surface area contributed by atoms with Crippen LogP contribution in [-0.4, -0.2) is 24.5 Å². The van der Waals surface area contributed by atoms with E-state index < -0.39 is 15.9 Å². The number of anilines is 1. The van der Waals surface area contributed by atoms with Crippen molar-refractivity contribution in [2.75, 3.05) is 4.72 Å². The predicted molar refractivity (Wildman–Crippen MR) is 85.8 cm³/mol. The lowest BCUT2D eigenvalue weighted by Gasteiger charge is -2.02. The molecule has 0 radical (unpaired) electrons. The van der Waals surface area contributed by atoms with Crippen molar-refractivity contribution in [1.29, 1.82) is 0 Å². The van der Waals surface area contributed by atoms with Crippen LogP contribution in [0, 0.1) is 12.8 Å². The molecule has 0 atom stereocenters. The first-order valence-electron chi connectivity index (χ1n) is 6.94. The summed E-state index contributed by atoms with van der Waals surface area (Å²) in [6.45, 7) is 5.64. The molecule has 0 unspecified atom stereocenters. The number of aryl methyl sites for hydroxylation is 2. The Kier molecular flexibility index (Phi) is 5.05. The number of primary amides is 1. The van der Waals surface area contributed by atoms with Crippen LogP contribution in [0.25, 0.3) is 0 Å². The SMILES string of the molecule is Cc1oc(C(N)=O)cc1S(=O)(=O)Nc1nnc(CCC(C)C)s1. The quantitative estimate of drug-likeness (QED) is 0.778. The van der Waals surface area contributed by atoms with Gasteiger partial charge in [-0.05, 0) is 19.3 Å². The van der Waals surface area contributed by atoms with Crippen LogP contribution in [0.5, 0.6) is 0 Å². The summed E-state index contributed by atoms with van der Waals surface area (Å²) in [6, 6.07) is 1.10. The van der Waals surface area contributed by atoms with Gasteiger partial charge in [0.15, 0.2) is 5.76 Å². The standard InChI is InChI=1S/C13H18N4O4S2/c1-7(2)4-5-11-15-16-13(22-11)17-23(19,20)10-6-9(12(14)18)21-8(10)3/h6-7H,4-5H2,1-3H3,(H2,14,18)(H,16,17). The van der Waals surface area contributed by atoms with Crippen molar-refractivity contribution in [2.45, 2.75) is 38.5 Å². The Morgan fingerprint density at radius 1 is 1.43 bits per heavy atom. The van der Waals surface area contributed by atoms with E-state index in [1.807, 2.05) is 0 Å². The van der Waals surface area contributed by atoms with Crippen LogP contribution in [0.2, 0.25) is 0 Å². The fourth-order valence-electron chi connectivity index (χ4n) is 1.83. The summed E-state index contributed by atoms with van der Waals surface area (Å²) in [5, 5.41) is 8.73. The number of amides is 1. The highest BCUT2D eigenvalue weighted by Gasteiger charge is 2.24. The topological polar surface area (TPSA) is 128 Å². The molecule has 0 fully saturated rings. The van der Waals surface area contributed by atoms with Gasteiger partial charge >= 0.3 is 0 Å². The van der Waals surface area contributed by atoms with Crippen LogP contribution in [-0.2, 0) is 16.4 Å². The highest BCUT2D eigenvalue weighted by molar-refractivity contribution is 7.93. The van der Waals surface area contributed by atoms with E-state index in [-0.39, 0.29) is 21.5 Å². The van der Waals surface area contributed by atoms with Crippen LogP contribution >= 0.6 is 11.3 Å². The van der Waals surface area contributed by atoms with Crippen LogP contribution in [0.15, 0.2) is 15.4 Å². The number of nitrogens with two attached hydrogens (primary N) is 1. The summed E-state index contributed by atoms with van der Waals surface area (Å²) in [5.74, 6) is -0.435. The van der Waals surface area contributed by atoms with Crippen molar-refractivity contribution in [1.82, 2.24) is 10.2 Å². The van der Waals surface area contributed by atoms with Gasteiger partial charge in [-0.1, -0.05) is 25.2 Å². The van der Waals surface area contributed by atoms with Crippen molar-refractivity contribution in [3.8, 4) is 0 Å². The molecule has 2 heterocycles. The van der Waals surface area contributed by atoms with E-state index in [1.165, 1.54) is 18.3 Å². The third-order valence-corrected chi connectivity index (χ3v) is 5.50. The Bertz CT molecular complexity index is 808. The maximum Gasteiger partial charge on any atom is 0.284 e. The molecule has 0 aliphatic rings. The maximum atomic E-state index is 12.3. The number of nitrogens with zero attached hydrogens (tertiary/aromatic N) is 2. The molecular formula is C13H18N4O4S2. The van der Waals surface area contributed by atoms with Gasteiger partial charge in [0, 0.05) is 12.5 Å². The second kappa shape index (κ2) is 6.67. The van der Waals surface area contributed by atoms with Crippen LogP contribution < -0.4 is 10.5 Å². The fraction of sp³-hybridized carbons (Fsp3) is 0.462. The van der Waals surface area contributed by atoms with Crippen molar-refractivity contribution < 1.29 is 17.6 Å².